The van der Waals surface area contributed by atoms with Crippen molar-refractivity contribution in [3.63, 3.8) is 0 Å². The van der Waals surface area contributed by atoms with Gasteiger partial charge in [-0.05, 0) is 17.4 Å². The van der Waals surface area contributed by atoms with Crippen molar-refractivity contribution in [3.05, 3.63) is 42.5 Å². The van der Waals surface area contributed by atoms with E-state index >= 15 is 0 Å². The van der Waals surface area contributed by atoms with E-state index in [-0.39, 0.29) is 34.6 Å². The van der Waals surface area contributed by atoms with Crippen molar-refractivity contribution in [2.24, 2.45) is 0 Å². The predicted molar refractivity (Wildman–Crippen MR) is 125 cm³/mol. The molecule has 7 nitrogen and oxygen atoms in total. The largest absolute Gasteiger partial charge is 0.341 e. The smallest absolute Gasteiger partial charge is 0.233 e. The summed E-state index contributed by atoms with van der Waals surface area (Å²) in [7, 11) is -1.36. The van der Waals surface area contributed by atoms with E-state index in [2.05, 4.69) is 49.7 Å². The minimum Gasteiger partial charge on any atom is -0.341 e. The molecule has 1 fully saturated rings. The molecule has 0 radical (unpaired) electrons. The highest BCUT2D eigenvalue weighted by Crippen LogP contribution is 2.28. The number of nitrogens with zero attached hydrogens (tertiary/aromatic N) is 4. The van der Waals surface area contributed by atoms with E-state index in [4.69, 9.17) is 0 Å². The first-order valence-corrected chi connectivity index (χ1v) is 13.1. The lowest BCUT2D eigenvalue weighted by molar-refractivity contribution is -0.128. The number of benzene rings is 1. The number of hydrogen-bond donors (Lipinski definition) is 0. The fourth-order valence-electron chi connectivity index (χ4n) is 3.53. The van der Waals surface area contributed by atoms with Crippen molar-refractivity contribution in [1.82, 2.24) is 19.7 Å². The number of amides is 1. The highest BCUT2D eigenvalue weighted by atomic mass is 32.2. The van der Waals surface area contributed by atoms with Crippen molar-refractivity contribution in [1.29, 1.82) is 0 Å². The fraction of sp³-hybridized carbons (Fsp3) is 0.500. The lowest BCUT2D eigenvalue weighted by atomic mass is 9.87. The summed E-state index contributed by atoms with van der Waals surface area (Å²) in [6.07, 6.45) is 2.27. The predicted octanol–water partition coefficient (Wildman–Crippen LogP) is 3.17. The number of aromatic nitrogens is 3. The first-order valence-electron chi connectivity index (χ1n) is 10.3. The quantitative estimate of drug-likeness (QED) is 0.464. The van der Waals surface area contributed by atoms with Crippen molar-refractivity contribution in [2.45, 2.75) is 50.4 Å². The first kappa shape index (κ1) is 23.5. The van der Waals surface area contributed by atoms with Gasteiger partial charge in [-0.15, -0.1) is 16.8 Å². The SMILES string of the molecule is C=CCn1c(SCC(=O)N(C)C2CCS(=O)(=O)C2)nnc1-c1ccc(C(C)(C)C)cc1. The maximum Gasteiger partial charge on any atom is 0.233 e. The third kappa shape index (κ3) is 5.57. The monoisotopic (exact) mass is 462 g/mol. The third-order valence-electron chi connectivity index (χ3n) is 5.51. The molecule has 1 saturated heterocycles. The van der Waals surface area contributed by atoms with E-state index in [9.17, 15) is 13.2 Å². The molecule has 1 aromatic heterocycles. The molecule has 2 aromatic rings. The van der Waals surface area contributed by atoms with Gasteiger partial charge in [-0.25, -0.2) is 8.42 Å². The summed E-state index contributed by atoms with van der Waals surface area (Å²) in [6, 6.07) is 8.03. The van der Waals surface area contributed by atoms with E-state index in [0.717, 1.165) is 11.4 Å². The average Bonchev–Trinajstić information content (AvgIpc) is 3.28. The van der Waals surface area contributed by atoms with Crippen LogP contribution in [-0.4, -0.2) is 64.3 Å². The highest BCUT2D eigenvalue weighted by Gasteiger charge is 2.32. The van der Waals surface area contributed by atoms with Crippen LogP contribution in [0.25, 0.3) is 11.4 Å². The van der Waals surface area contributed by atoms with Crippen molar-refractivity contribution in [2.75, 3.05) is 24.3 Å². The van der Waals surface area contributed by atoms with Crippen LogP contribution >= 0.6 is 11.8 Å². The first-order chi connectivity index (χ1) is 14.5. The number of rotatable bonds is 7. The molecule has 1 aliphatic rings. The van der Waals surface area contributed by atoms with E-state index in [1.807, 2.05) is 16.7 Å². The van der Waals surface area contributed by atoms with Crippen LogP contribution < -0.4 is 0 Å². The lowest BCUT2D eigenvalue weighted by Crippen LogP contribution is -2.38. The zero-order chi connectivity index (χ0) is 22.8. The molecule has 1 atom stereocenters. The molecule has 0 saturated carbocycles. The molecule has 1 aromatic carbocycles. The zero-order valence-electron chi connectivity index (χ0n) is 18.5. The van der Waals surface area contributed by atoms with Crippen molar-refractivity contribution < 1.29 is 13.2 Å². The minimum absolute atomic E-state index is 0.0429. The Morgan fingerprint density at radius 1 is 1.29 bits per heavy atom. The summed E-state index contributed by atoms with van der Waals surface area (Å²) in [5.41, 5.74) is 2.26. The van der Waals surface area contributed by atoms with Crippen LogP contribution in [0.4, 0.5) is 0 Å². The number of carbonyl (C=O) groups is 1. The van der Waals surface area contributed by atoms with Crippen molar-refractivity contribution in [3.8, 4) is 11.4 Å². The standard InChI is InChI=1S/C22H30N4O3S2/c1-6-12-26-20(16-7-9-17(10-8-16)22(2,3)4)23-24-21(26)30-14-19(27)25(5)18-11-13-31(28,29)15-18/h6-10,18H,1,11-15H2,2-5H3. The van der Waals surface area contributed by atoms with Gasteiger partial charge in [0, 0.05) is 25.2 Å². The molecular weight excluding hydrogens is 432 g/mol. The van der Waals surface area contributed by atoms with E-state index in [1.165, 1.54) is 17.3 Å². The molecule has 0 bridgehead atoms. The summed E-state index contributed by atoms with van der Waals surface area (Å²) in [5, 5.41) is 9.29. The van der Waals surface area contributed by atoms with Crippen LogP contribution in [0.2, 0.25) is 0 Å². The summed E-state index contributed by atoms with van der Waals surface area (Å²) in [6.45, 7) is 10.9. The summed E-state index contributed by atoms with van der Waals surface area (Å²) < 4.78 is 25.3. The van der Waals surface area contributed by atoms with Gasteiger partial charge in [0.2, 0.25) is 5.91 Å². The maximum absolute atomic E-state index is 12.6. The molecule has 31 heavy (non-hydrogen) atoms. The Morgan fingerprint density at radius 2 is 1.97 bits per heavy atom. The topological polar surface area (TPSA) is 85.2 Å². The van der Waals surface area contributed by atoms with Gasteiger partial charge < -0.3 is 4.90 Å². The fourth-order valence-corrected chi connectivity index (χ4v) is 6.18. The molecule has 168 valence electrons. The molecule has 0 spiro atoms. The van der Waals surface area contributed by atoms with Gasteiger partial charge in [0.1, 0.15) is 0 Å². The second kappa shape index (κ2) is 9.16. The highest BCUT2D eigenvalue weighted by molar-refractivity contribution is 7.99. The van der Waals surface area contributed by atoms with Gasteiger partial charge in [0.15, 0.2) is 20.8 Å². The Kier molecular flexibility index (Phi) is 6.95. The van der Waals surface area contributed by atoms with E-state index in [1.54, 1.807) is 18.0 Å². The molecule has 9 heteroatoms. The Morgan fingerprint density at radius 3 is 2.52 bits per heavy atom. The van der Waals surface area contributed by atoms with Gasteiger partial charge in [-0.2, -0.15) is 0 Å². The summed E-state index contributed by atoms with van der Waals surface area (Å²) >= 11 is 1.31. The van der Waals surface area contributed by atoms with Gasteiger partial charge in [-0.1, -0.05) is 62.9 Å². The molecule has 2 heterocycles. The second-order valence-electron chi connectivity index (χ2n) is 8.88. The number of sulfone groups is 1. The van der Waals surface area contributed by atoms with Crippen LogP contribution in [0.1, 0.15) is 32.8 Å². The van der Waals surface area contributed by atoms with E-state index in [0.29, 0.717) is 18.1 Å². The van der Waals surface area contributed by atoms with Crippen LogP contribution in [0.3, 0.4) is 0 Å². The van der Waals surface area contributed by atoms with Gasteiger partial charge in [0.25, 0.3) is 0 Å². The number of thioether (sulfide) groups is 1. The Hall–Kier alpha value is -2.13. The van der Waals surface area contributed by atoms with E-state index < -0.39 is 9.84 Å². The molecule has 0 aliphatic carbocycles. The van der Waals surface area contributed by atoms with Gasteiger partial charge >= 0.3 is 0 Å². The number of hydrogen-bond acceptors (Lipinski definition) is 6. The van der Waals surface area contributed by atoms with Crippen LogP contribution in [-0.2, 0) is 26.6 Å². The molecule has 1 unspecified atom stereocenters. The number of allylic oxidation sites excluding steroid dienone is 1. The Bertz CT molecular complexity index is 1050. The Labute approximate surface area is 188 Å². The molecule has 1 aliphatic heterocycles. The van der Waals surface area contributed by atoms with Crippen LogP contribution in [0.15, 0.2) is 42.1 Å². The molecule has 3 rings (SSSR count). The average molecular weight is 463 g/mol. The minimum atomic E-state index is -3.03. The van der Waals surface area contributed by atoms with Gasteiger partial charge in [-0.3, -0.25) is 9.36 Å². The second-order valence-corrected chi connectivity index (χ2v) is 12.1. The molecular formula is C22H30N4O3S2. The molecule has 0 N–H and O–H groups in total. The summed E-state index contributed by atoms with van der Waals surface area (Å²) in [5.74, 6) is 0.974. The lowest BCUT2D eigenvalue weighted by Gasteiger charge is -2.23. The maximum atomic E-state index is 12.6. The zero-order valence-corrected chi connectivity index (χ0v) is 20.2. The summed E-state index contributed by atoms with van der Waals surface area (Å²) in [4.78, 5) is 14.2. The van der Waals surface area contributed by atoms with Crippen LogP contribution in [0.5, 0.6) is 0 Å². The normalized spacial score (nSPS) is 18.1. The van der Waals surface area contributed by atoms with Crippen LogP contribution in [0, 0.1) is 0 Å². The Balaban J connectivity index is 1.73. The van der Waals surface area contributed by atoms with Gasteiger partial charge in [0.05, 0.1) is 17.3 Å². The number of carbonyl (C=O) groups excluding carboxylic acids is 1. The van der Waals surface area contributed by atoms with Crippen molar-refractivity contribution >= 4 is 27.5 Å². The molecule has 1 amide bonds. The third-order valence-corrected chi connectivity index (χ3v) is 8.21.